The van der Waals surface area contributed by atoms with E-state index in [0.29, 0.717) is 25.8 Å². The van der Waals surface area contributed by atoms with Crippen molar-refractivity contribution in [2.75, 3.05) is 0 Å². The van der Waals surface area contributed by atoms with Gasteiger partial charge in [-0.3, -0.25) is 14.2 Å². The van der Waals surface area contributed by atoms with Crippen molar-refractivity contribution < 1.29 is 4.79 Å². The largest absolute Gasteiger partial charge is 0.289 e. The molecular weight excluding hydrogens is 455 g/mol. The predicted octanol–water partition coefficient (Wildman–Crippen LogP) is 4.89. The van der Waals surface area contributed by atoms with Gasteiger partial charge in [0.2, 0.25) is 0 Å². The summed E-state index contributed by atoms with van der Waals surface area (Å²) in [6.45, 7) is 1.80. The predicted molar refractivity (Wildman–Crippen MR) is 126 cm³/mol. The molecule has 156 valence electrons. The molecule has 0 aliphatic carbocycles. The Hall–Kier alpha value is -3.00. The van der Waals surface area contributed by atoms with Crippen molar-refractivity contribution >= 4 is 56.9 Å². The number of halogens is 2. The second-order valence-electron chi connectivity index (χ2n) is 6.84. The number of carbonyl (C=O) groups is 1. The molecular formula is C22H16Cl2N4O2S. The summed E-state index contributed by atoms with van der Waals surface area (Å²) in [5, 5.41) is 7.14. The highest BCUT2D eigenvalue weighted by atomic mass is 35.5. The average molecular weight is 471 g/mol. The number of hydrogen-bond acceptors (Lipinski definition) is 5. The van der Waals surface area contributed by atoms with Crippen LogP contribution >= 0.6 is 34.5 Å². The highest BCUT2D eigenvalue weighted by molar-refractivity contribution is 7.17. The van der Waals surface area contributed by atoms with E-state index in [1.165, 1.54) is 28.4 Å². The number of nitrogens with zero attached hydrogens (tertiary/aromatic N) is 3. The Balaban J connectivity index is 1.53. The molecule has 0 fully saturated rings. The summed E-state index contributed by atoms with van der Waals surface area (Å²) in [6, 6.07) is 12.9. The molecule has 0 bridgehead atoms. The van der Waals surface area contributed by atoms with Crippen molar-refractivity contribution in [2.45, 2.75) is 13.5 Å². The zero-order valence-electron chi connectivity index (χ0n) is 16.3. The van der Waals surface area contributed by atoms with Crippen molar-refractivity contribution in [3.05, 3.63) is 85.7 Å². The van der Waals surface area contributed by atoms with E-state index >= 15 is 0 Å². The summed E-state index contributed by atoms with van der Waals surface area (Å²) < 4.78 is 1.27. The average Bonchev–Trinajstić information content (AvgIpc) is 3.18. The lowest BCUT2D eigenvalue weighted by molar-refractivity contribution is -0.121. The molecule has 0 spiro atoms. The summed E-state index contributed by atoms with van der Waals surface area (Å²) in [5.41, 5.74) is 5.69. The molecule has 0 atom stereocenters. The van der Waals surface area contributed by atoms with Crippen LogP contribution in [0.1, 0.15) is 11.1 Å². The molecule has 0 radical (unpaired) electrons. The maximum atomic E-state index is 13.0. The lowest BCUT2D eigenvalue weighted by Gasteiger charge is -2.05. The Labute approximate surface area is 191 Å². The van der Waals surface area contributed by atoms with Crippen LogP contribution in [-0.2, 0) is 11.3 Å². The van der Waals surface area contributed by atoms with Gasteiger partial charge in [-0.1, -0.05) is 59.1 Å². The highest BCUT2D eigenvalue weighted by Gasteiger charge is 2.14. The number of thiophene rings is 1. The molecule has 2 aromatic carbocycles. The smallest absolute Gasteiger partial charge is 0.263 e. The third-order valence-corrected chi connectivity index (χ3v) is 6.21. The summed E-state index contributed by atoms with van der Waals surface area (Å²) in [7, 11) is 0. The van der Waals surface area contributed by atoms with Gasteiger partial charge in [0.1, 0.15) is 11.4 Å². The van der Waals surface area contributed by atoms with Gasteiger partial charge in [-0.05, 0) is 30.2 Å². The minimum atomic E-state index is -0.452. The Morgan fingerprint density at radius 3 is 2.71 bits per heavy atom. The molecule has 4 rings (SSSR count). The normalized spacial score (nSPS) is 11.3. The highest BCUT2D eigenvalue weighted by Crippen LogP contribution is 2.30. The summed E-state index contributed by atoms with van der Waals surface area (Å²) in [4.78, 5) is 30.3. The summed E-state index contributed by atoms with van der Waals surface area (Å²) >= 11 is 13.2. The first-order valence-electron chi connectivity index (χ1n) is 9.23. The van der Waals surface area contributed by atoms with Crippen molar-refractivity contribution in [3.8, 4) is 11.1 Å². The SMILES string of the molecule is Cc1ccc(-c2csc3ncn(CC(=O)NN=Cc4ccc(Cl)c(Cl)c4)c(=O)c23)cc1. The van der Waals surface area contributed by atoms with Gasteiger partial charge in [-0.25, -0.2) is 10.4 Å². The van der Waals surface area contributed by atoms with Crippen LogP contribution in [0.15, 0.2) is 64.1 Å². The Morgan fingerprint density at radius 2 is 1.97 bits per heavy atom. The first-order chi connectivity index (χ1) is 14.9. The number of hydrogen-bond donors (Lipinski definition) is 1. The number of nitrogens with one attached hydrogen (secondary N) is 1. The number of aryl methyl sites for hydroxylation is 1. The molecule has 1 amide bonds. The standard InChI is InChI=1S/C22H16Cl2N4O2S/c1-13-2-5-15(6-3-13)16-11-31-21-20(16)22(30)28(12-25-21)10-19(29)27-26-9-14-4-7-17(23)18(24)8-14/h2-9,11-12H,10H2,1H3,(H,27,29). The van der Waals surface area contributed by atoms with E-state index in [0.717, 1.165) is 16.7 Å². The van der Waals surface area contributed by atoms with Gasteiger partial charge < -0.3 is 0 Å². The van der Waals surface area contributed by atoms with Crippen LogP contribution in [0.4, 0.5) is 0 Å². The van der Waals surface area contributed by atoms with E-state index in [4.69, 9.17) is 23.2 Å². The quantitative estimate of drug-likeness (QED) is 0.333. The van der Waals surface area contributed by atoms with E-state index < -0.39 is 5.91 Å². The second kappa shape index (κ2) is 9.01. The first kappa shape index (κ1) is 21.2. The molecule has 0 aliphatic heterocycles. The summed E-state index contributed by atoms with van der Waals surface area (Å²) in [5.74, 6) is -0.452. The molecule has 9 heteroatoms. The number of rotatable bonds is 5. The van der Waals surface area contributed by atoms with E-state index in [9.17, 15) is 9.59 Å². The molecule has 0 saturated carbocycles. The topological polar surface area (TPSA) is 76.3 Å². The van der Waals surface area contributed by atoms with Gasteiger partial charge in [-0.2, -0.15) is 5.10 Å². The van der Waals surface area contributed by atoms with E-state index in [1.807, 2.05) is 36.6 Å². The molecule has 2 aromatic heterocycles. The molecule has 6 nitrogen and oxygen atoms in total. The van der Waals surface area contributed by atoms with Crippen LogP contribution in [0, 0.1) is 6.92 Å². The maximum Gasteiger partial charge on any atom is 0.263 e. The van der Waals surface area contributed by atoms with Crippen LogP contribution in [0.3, 0.4) is 0 Å². The van der Waals surface area contributed by atoms with Crippen molar-refractivity contribution in [1.82, 2.24) is 15.0 Å². The molecule has 0 aliphatic rings. The molecule has 0 saturated heterocycles. The Kier molecular flexibility index (Phi) is 6.18. The van der Waals surface area contributed by atoms with Crippen LogP contribution in [0.25, 0.3) is 21.3 Å². The number of amides is 1. The number of aromatic nitrogens is 2. The number of benzene rings is 2. The number of fused-ring (bicyclic) bond motifs is 1. The van der Waals surface area contributed by atoms with Crippen LogP contribution < -0.4 is 11.0 Å². The summed E-state index contributed by atoms with van der Waals surface area (Å²) in [6.07, 6.45) is 2.82. The third kappa shape index (κ3) is 4.69. The zero-order valence-corrected chi connectivity index (χ0v) is 18.6. The fourth-order valence-corrected chi connectivity index (χ4v) is 4.20. The van der Waals surface area contributed by atoms with Gasteiger partial charge >= 0.3 is 0 Å². The Morgan fingerprint density at radius 1 is 1.19 bits per heavy atom. The van der Waals surface area contributed by atoms with Gasteiger partial charge in [-0.15, -0.1) is 11.3 Å². The number of carbonyl (C=O) groups excluding carboxylic acids is 1. The van der Waals surface area contributed by atoms with Gasteiger partial charge in [0.25, 0.3) is 11.5 Å². The lowest BCUT2D eigenvalue weighted by atomic mass is 10.1. The molecule has 31 heavy (non-hydrogen) atoms. The van der Waals surface area contributed by atoms with Gasteiger partial charge in [0.05, 0.1) is 28.0 Å². The van der Waals surface area contributed by atoms with E-state index in [2.05, 4.69) is 15.5 Å². The van der Waals surface area contributed by atoms with Crippen LogP contribution in [0.2, 0.25) is 10.0 Å². The maximum absolute atomic E-state index is 13.0. The van der Waals surface area contributed by atoms with Crippen molar-refractivity contribution in [3.63, 3.8) is 0 Å². The zero-order chi connectivity index (χ0) is 22.0. The lowest BCUT2D eigenvalue weighted by Crippen LogP contribution is -2.30. The first-order valence-corrected chi connectivity index (χ1v) is 10.9. The number of hydrazone groups is 1. The monoisotopic (exact) mass is 470 g/mol. The fraction of sp³-hybridized carbons (Fsp3) is 0.0909. The Bertz CT molecular complexity index is 1360. The van der Waals surface area contributed by atoms with Gasteiger partial charge in [0.15, 0.2) is 0 Å². The van der Waals surface area contributed by atoms with E-state index in [-0.39, 0.29) is 12.1 Å². The van der Waals surface area contributed by atoms with Crippen molar-refractivity contribution in [2.24, 2.45) is 5.10 Å². The van der Waals surface area contributed by atoms with Crippen LogP contribution in [0.5, 0.6) is 0 Å². The third-order valence-electron chi connectivity index (χ3n) is 4.58. The molecule has 0 unspecified atom stereocenters. The fourth-order valence-electron chi connectivity index (χ4n) is 2.99. The molecule has 1 N–H and O–H groups in total. The van der Waals surface area contributed by atoms with Crippen molar-refractivity contribution in [1.29, 1.82) is 0 Å². The minimum Gasteiger partial charge on any atom is -0.289 e. The molecule has 2 heterocycles. The van der Waals surface area contributed by atoms with Gasteiger partial charge in [0, 0.05) is 10.9 Å². The molecule has 4 aromatic rings. The van der Waals surface area contributed by atoms with E-state index in [1.54, 1.807) is 18.2 Å². The van der Waals surface area contributed by atoms with Crippen LogP contribution in [-0.4, -0.2) is 21.7 Å². The minimum absolute atomic E-state index is 0.205. The second-order valence-corrected chi connectivity index (χ2v) is 8.51.